The first kappa shape index (κ1) is 8.19. The van der Waals surface area contributed by atoms with Gasteiger partial charge in [-0.25, -0.2) is 5.84 Å². The van der Waals surface area contributed by atoms with Crippen LogP contribution >= 0.6 is 0 Å². The minimum absolute atomic E-state index is 0.310. The van der Waals surface area contributed by atoms with Crippen LogP contribution in [0.2, 0.25) is 0 Å². The number of rotatable bonds is 0. The van der Waals surface area contributed by atoms with Crippen molar-refractivity contribution in [3.63, 3.8) is 0 Å². The lowest BCUT2D eigenvalue weighted by Gasteiger charge is -2.04. The van der Waals surface area contributed by atoms with E-state index in [4.69, 9.17) is 28.0 Å². The molecule has 0 amide bonds. The van der Waals surface area contributed by atoms with Crippen LogP contribution in [0.4, 0.5) is 0 Å². The molecule has 0 fully saturated rings. The van der Waals surface area contributed by atoms with Crippen molar-refractivity contribution in [2.24, 2.45) is 22.3 Å². The van der Waals surface area contributed by atoms with Gasteiger partial charge in [-0.2, -0.15) is 15.3 Å². The van der Waals surface area contributed by atoms with Gasteiger partial charge in [-0.3, -0.25) is 5.41 Å². The summed E-state index contributed by atoms with van der Waals surface area (Å²) in [4.78, 5) is 3.18. The van der Waals surface area contributed by atoms with Gasteiger partial charge in [0.15, 0.2) is 0 Å². The number of hydrogen-bond donors (Lipinski definition) is 4. The summed E-state index contributed by atoms with van der Waals surface area (Å²) in [6.45, 7) is 0. The first-order valence-corrected chi connectivity index (χ1v) is 2.20. The minimum Gasteiger partial charge on any atom is -0.368 e. The van der Waals surface area contributed by atoms with Crippen molar-refractivity contribution < 1.29 is 0 Å². The van der Waals surface area contributed by atoms with Crippen molar-refractivity contribution in [1.82, 2.24) is 5.01 Å². The normalized spacial score (nSPS) is 10.2. The number of nitrogens with zero attached hydrogens (tertiary/aromatic N) is 3. The van der Waals surface area contributed by atoms with E-state index in [9.17, 15) is 0 Å². The topological polar surface area (TPSA) is 141 Å². The van der Waals surface area contributed by atoms with Crippen LogP contribution < -0.4 is 17.3 Å². The number of hydrazine groups is 1. The predicted molar refractivity (Wildman–Crippen MR) is 35.2 cm³/mol. The Bertz CT molecular complexity index is 197. The Labute approximate surface area is 57.2 Å². The monoisotopic (exact) mass is 141 g/mol. The van der Waals surface area contributed by atoms with Crippen molar-refractivity contribution in [2.45, 2.75) is 0 Å². The van der Waals surface area contributed by atoms with Crippen LogP contribution in [-0.4, -0.2) is 16.9 Å². The lowest BCUT2D eigenvalue weighted by Crippen LogP contribution is -2.39. The molecular formula is C3H7N7. The summed E-state index contributed by atoms with van der Waals surface area (Å²) in [5, 5.41) is 15.2. The SMILES string of the molecule is N#CN(N)C(N)=NC(=N)N. The molecule has 0 aromatic rings. The van der Waals surface area contributed by atoms with Crippen LogP contribution in [0.5, 0.6) is 0 Å². The van der Waals surface area contributed by atoms with Gasteiger partial charge in [0.05, 0.1) is 0 Å². The molecule has 0 aliphatic carbocycles. The first-order valence-electron chi connectivity index (χ1n) is 2.20. The zero-order valence-corrected chi connectivity index (χ0v) is 5.07. The summed E-state index contributed by atoms with van der Waals surface area (Å²) >= 11 is 0. The zero-order valence-electron chi connectivity index (χ0n) is 5.07. The Morgan fingerprint density at radius 2 is 2.10 bits per heavy atom. The van der Waals surface area contributed by atoms with Crippen molar-refractivity contribution in [3.05, 3.63) is 0 Å². The molecule has 0 aliphatic heterocycles. The molecular weight excluding hydrogens is 134 g/mol. The second-order valence-corrected chi connectivity index (χ2v) is 1.33. The van der Waals surface area contributed by atoms with Gasteiger partial charge in [-0.1, -0.05) is 0 Å². The Balaban J connectivity index is 4.22. The summed E-state index contributed by atoms with van der Waals surface area (Å²) in [7, 11) is 0. The highest BCUT2D eigenvalue weighted by atomic mass is 15.5. The molecule has 0 aromatic carbocycles. The van der Waals surface area contributed by atoms with Crippen LogP contribution in [0.3, 0.4) is 0 Å². The number of guanidine groups is 2. The summed E-state index contributed by atoms with van der Waals surface area (Å²) < 4.78 is 0. The number of nitrogens with two attached hydrogens (primary N) is 3. The van der Waals surface area contributed by atoms with Gasteiger partial charge >= 0.3 is 0 Å². The highest BCUT2D eigenvalue weighted by molar-refractivity contribution is 5.92. The third kappa shape index (κ3) is 2.49. The molecule has 0 atom stereocenters. The zero-order chi connectivity index (χ0) is 8.15. The van der Waals surface area contributed by atoms with Crippen LogP contribution in [0, 0.1) is 16.9 Å². The second kappa shape index (κ2) is 3.26. The molecule has 0 aromatic heterocycles. The lowest BCUT2D eigenvalue weighted by atomic mass is 10.9. The van der Waals surface area contributed by atoms with Gasteiger partial charge < -0.3 is 11.5 Å². The third-order valence-corrected chi connectivity index (χ3v) is 0.590. The molecule has 0 radical (unpaired) electrons. The number of aliphatic imine (C=N–C) groups is 1. The van der Waals surface area contributed by atoms with E-state index in [1.807, 2.05) is 0 Å². The van der Waals surface area contributed by atoms with Crippen LogP contribution in [-0.2, 0) is 0 Å². The highest BCUT2D eigenvalue weighted by Crippen LogP contribution is 1.72. The van der Waals surface area contributed by atoms with E-state index in [0.717, 1.165) is 0 Å². The van der Waals surface area contributed by atoms with Gasteiger partial charge in [0.1, 0.15) is 0 Å². The molecule has 0 unspecified atom stereocenters. The van der Waals surface area contributed by atoms with Crippen LogP contribution in [0.1, 0.15) is 0 Å². The Morgan fingerprint density at radius 1 is 1.60 bits per heavy atom. The molecule has 0 saturated carbocycles. The van der Waals surface area contributed by atoms with Crippen molar-refractivity contribution >= 4 is 11.9 Å². The van der Waals surface area contributed by atoms with Crippen LogP contribution in [0.25, 0.3) is 0 Å². The molecule has 0 aliphatic rings. The Hall–Kier alpha value is -1.81. The van der Waals surface area contributed by atoms with Crippen LogP contribution in [0.15, 0.2) is 4.99 Å². The van der Waals surface area contributed by atoms with Gasteiger partial charge in [-0.05, 0) is 0 Å². The van der Waals surface area contributed by atoms with E-state index < -0.39 is 5.96 Å². The summed E-state index contributed by atoms with van der Waals surface area (Å²) in [5.74, 6) is 4.12. The maximum absolute atomic E-state index is 8.10. The molecule has 7 heteroatoms. The van der Waals surface area contributed by atoms with Gasteiger partial charge in [0.25, 0.3) is 0 Å². The molecule has 7 N–H and O–H groups in total. The minimum atomic E-state index is -0.497. The second-order valence-electron chi connectivity index (χ2n) is 1.33. The number of nitriles is 1. The predicted octanol–water partition coefficient (Wildman–Crippen LogP) is -2.15. The molecule has 0 spiro atoms. The number of hydrogen-bond acceptors (Lipinski definition) is 3. The van der Waals surface area contributed by atoms with Crippen molar-refractivity contribution in [3.8, 4) is 6.19 Å². The maximum Gasteiger partial charge on any atom is 0.227 e. The lowest BCUT2D eigenvalue weighted by molar-refractivity contribution is 0.610. The van der Waals surface area contributed by atoms with Gasteiger partial charge in [0, 0.05) is 0 Å². The third-order valence-electron chi connectivity index (χ3n) is 0.590. The van der Waals surface area contributed by atoms with E-state index in [1.54, 1.807) is 0 Å². The molecule has 54 valence electrons. The fraction of sp³-hybridized carbons (Fsp3) is 0. The fourth-order valence-electron chi connectivity index (χ4n) is 0.229. The van der Waals surface area contributed by atoms with E-state index in [-0.39, 0.29) is 5.96 Å². The molecule has 0 rings (SSSR count). The van der Waals surface area contributed by atoms with E-state index in [0.29, 0.717) is 5.01 Å². The molecule has 0 bridgehead atoms. The van der Waals surface area contributed by atoms with Gasteiger partial charge in [-0.15, -0.1) is 0 Å². The van der Waals surface area contributed by atoms with Gasteiger partial charge in [0.2, 0.25) is 18.1 Å². The largest absolute Gasteiger partial charge is 0.368 e. The van der Waals surface area contributed by atoms with E-state index >= 15 is 0 Å². The van der Waals surface area contributed by atoms with E-state index in [2.05, 4.69) is 4.99 Å². The van der Waals surface area contributed by atoms with Crippen molar-refractivity contribution in [2.75, 3.05) is 0 Å². The standard InChI is InChI=1S/C3H7N7/c4-1-10(8)3(7)9-2(5)6/h8H2,(H5,5,6,7,9). The Morgan fingerprint density at radius 3 is 2.40 bits per heavy atom. The maximum atomic E-state index is 8.10. The molecule has 0 saturated heterocycles. The molecule has 10 heavy (non-hydrogen) atoms. The van der Waals surface area contributed by atoms with E-state index in [1.165, 1.54) is 6.19 Å². The van der Waals surface area contributed by atoms with Crippen molar-refractivity contribution in [1.29, 1.82) is 10.7 Å². The average molecular weight is 141 g/mol. The first-order chi connectivity index (χ1) is 4.57. The number of nitrogens with one attached hydrogen (secondary N) is 1. The molecule has 0 heterocycles. The quantitative estimate of drug-likeness (QED) is 0.0759. The smallest absolute Gasteiger partial charge is 0.227 e. The Kier molecular flexibility index (Phi) is 2.67. The average Bonchev–Trinajstić information content (AvgIpc) is 1.85. The summed E-state index contributed by atoms with van der Waals surface area (Å²) in [6.07, 6.45) is 1.47. The summed E-state index contributed by atoms with van der Waals surface area (Å²) in [6, 6.07) is 0. The molecule has 7 nitrogen and oxygen atoms in total. The fourth-order valence-corrected chi connectivity index (χ4v) is 0.229. The summed E-state index contributed by atoms with van der Waals surface area (Å²) in [5.41, 5.74) is 9.85. The highest BCUT2D eigenvalue weighted by Gasteiger charge is 1.98.